The van der Waals surface area contributed by atoms with Crippen LogP contribution < -0.4 is 5.32 Å². The quantitative estimate of drug-likeness (QED) is 0.706. The van der Waals surface area contributed by atoms with Gasteiger partial charge in [0.25, 0.3) is 0 Å². The molecule has 0 radical (unpaired) electrons. The van der Waals surface area contributed by atoms with Gasteiger partial charge in [0.2, 0.25) is 0 Å². The minimum atomic E-state index is -0.908. The van der Waals surface area contributed by atoms with E-state index < -0.39 is 12.0 Å². The first kappa shape index (κ1) is 16.1. The molecule has 0 aromatic rings. The molecule has 0 aromatic carbocycles. The second-order valence-corrected chi connectivity index (χ2v) is 5.99. The number of nitrogens with one attached hydrogen (secondary N) is 1. The third kappa shape index (κ3) is 4.60. The van der Waals surface area contributed by atoms with E-state index in [0.29, 0.717) is 12.3 Å². The van der Waals surface area contributed by atoms with E-state index in [1.54, 1.807) is 11.8 Å². The van der Waals surface area contributed by atoms with Crippen LogP contribution >= 0.6 is 11.8 Å². The Bertz CT molecular complexity index is 312. The Morgan fingerprint density at radius 3 is 2.63 bits per heavy atom. The molecule has 6 heteroatoms. The van der Waals surface area contributed by atoms with E-state index in [9.17, 15) is 14.7 Å². The number of thioether (sulfide) groups is 1. The van der Waals surface area contributed by atoms with Gasteiger partial charge in [-0.3, -0.25) is 4.90 Å². The summed E-state index contributed by atoms with van der Waals surface area (Å²) in [5, 5.41) is 12.0. The van der Waals surface area contributed by atoms with Crippen LogP contribution in [0.2, 0.25) is 0 Å². The van der Waals surface area contributed by atoms with Crippen molar-refractivity contribution in [1.82, 2.24) is 10.2 Å². The molecule has 1 fully saturated rings. The number of rotatable bonds is 7. The Hall–Kier alpha value is -0.910. The second kappa shape index (κ2) is 8.30. The molecule has 1 heterocycles. The largest absolute Gasteiger partial charge is 0.480 e. The van der Waals surface area contributed by atoms with Gasteiger partial charge in [0.1, 0.15) is 6.04 Å². The van der Waals surface area contributed by atoms with Crippen LogP contribution in [0.25, 0.3) is 0 Å². The van der Waals surface area contributed by atoms with Gasteiger partial charge in [0.05, 0.1) is 5.37 Å². The van der Waals surface area contributed by atoms with Crippen molar-refractivity contribution in [2.24, 2.45) is 0 Å². The molecule has 2 amide bonds. The maximum Gasteiger partial charge on any atom is 0.327 e. The van der Waals surface area contributed by atoms with Crippen LogP contribution in [0.4, 0.5) is 4.79 Å². The molecule has 0 saturated carbocycles. The highest BCUT2D eigenvalue weighted by Crippen LogP contribution is 2.32. The molecule has 2 N–H and O–H groups in total. The van der Waals surface area contributed by atoms with Crippen molar-refractivity contribution in [3.63, 3.8) is 0 Å². The average Bonchev–Trinajstić information content (AvgIpc) is 2.79. The van der Waals surface area contributed by atoms with Crippen molar-refractivity contribution in [3.05, 3.63) is 0 Å². The summed E-state index contributed by atoms with van der Waals surface area (Å²) in [7, 11) is 0. The lowest BCUT2D eigenvalue weighted by Crippen LogP contribution is -2.50. The summed E-state index contributed by atoms with van der Waals surface area (Å²) in [6.45, 7) is 4.78. The zero-order valence-electron chi connectivity index (χ0n) is 11.7. The predicted octanol–water partition coefficient (Wildman–Crippen LogP) is 2.51. The first-order valence-corrected chi connectivity index (χ1v) is 8.07. The van der Waals surface area contributed by atoms with Gasteiger partial charge in [-0.25, -0.2) is 9.59 Å². The van der Waals surface area contributed by atoms with E-state index in [2.05, 4.69) is 12.2 Å². The third-order valence-corrected chi connectivity index (χ3v) is 4.56. The first-order valence-electron chi connectivity index (χ1n) is 7.02. The number of aliphatic carboxylic acids is 1. The number of carboxylic acid groups (broad SMARTS) is 1. The highest BCUT2D eigenvalue weighted by Gasteiger charge is 2.40. The van der Waals surface area contributed by atoms with Crippen LogP contribution in [0.15, 0.2) is 0 Å². The molecule has 110 valence electrons. The Morgan fingerprint density at radius 1 is 1.32 bits per heavy atom. The fourth-order valence-electron chi connectivity index (χ4n) is 2.16. The third-order valence-electron chi connectivity index (χ3n) is 3.20. The fraction of sp³-hybridized carbons (Fsp3) is 0.846. The summed E-state index contributed by atoms with van der Waals surface area (Å²) in [6.07, 6.45) is 4.92. The second-order valence-electron chi connectivity index (χ2n) is 4.78. The van der Waals surface area contributed by atoms with Gasteiger partial charge < -0.3 is 10.4 Å². The molecule has 1 aliphatic heterocycles. The van der Waals surface area contributed by atoms with Crippen molar-refractivity contribution in [1.29, 1.82) is 0 Å². The molecule has 2 atom stereocenters. The summed E-state index contributed by atoms with van der Waals surface area (Å²) in [5.41, 5.74) is 0. The van der Waals surface area contributed by atoms with Gasteiger partial charge in [-0.2, -0.15) is 0 Å². The molecule has 19 heavy (non-hydrogen) atoms. The molecule has 1 saturated heterocycles. The van der Waals surface area contributed by atoms with Gasteiger partial charge >= 0.3 is 12.0 Å². The van der Waals surface area contributed by atoms with Crippen LogP contribution in [-0.4, -0.2) is 45.7 Å². The fourth-order valence-corrected chi connectivity index (χ4v) is 3.67. The molecule has 1 rings (SSSR count). The molecular weight excluding hydrogens is 264 g/mol. The van der Waals surface area contributed by atoms with Gasteiger partial charge in [0, 0.05) is 12.3 Å². The number of amides is 2. The van der Waals surface area contributed by atoms with E-state index in [1.807, 2.05) is 6.92 Å². The van der Waals surface area contributed by atoms with Crippen LogP contribution in [0, 0.1) is 0 Å². The highest BCUT2D eigenvalue weighted by atomic mass is 32.2. The number of hydrogen-bond donors (Lipinski definition) is 2. The minimum Gasteiger partial charge on any atom is -0.480 e. The number of hydrogen-bond acceptors (Lipinski definition) is 3. The van der Waals surface area contributed by atoms with E-state index in [4.69, 9.17) is 0 Å². The van der Waals surface area contributed by atoms with Crippen molar-refractivity contribution < 1.29 is 14.7 Å². The number of urea groups is 1. The standard InChI is InChI=1S/C13H24N2O3S/c1-3-5-6-8-14-13(18)15-10(12(16)17)9-19-11(15)7-4-2/h10-11H,3-9H2,1-2H3,(H,14,18)(H,16,17). The van der Waals surface area contributed by atoms with Gasteiger partial charge in [-0.05, 0) is 12.8 Å². The summed E-state index contributed by atoms with van der Waals surface area (Å²) < 4.78 is 0. The SMILES string of the molecule is CCCCCNC(=O)N1C(CCC)SCC1C(=O)O. The zero-order valence-corrected chi connectivity index (χ0v) is 12.5. The van der Waals surface area contributed by atoms with Crippen molar-refractivity contribution in [2.75, 3.05) is 12.3 Å². The lowest BCUT2D eigenvalue weighted by atomic mass is 10.2. The number of carboxylic acids is 1. The van der Waals surface area contributed by atoms with Gasteiger partial charge in [-0.15, -0.1) is 11.8 Å². The van der Waals surface area contributed by atoms with Crippen molar-refractivity contribution >= 4 is 23.8 Å². The number of nitrogens with zero attached hydrogens (tertiary/aromatic N) is 1. The summed E-state index contributed by atoms with van der Waals surface area (Å²) in [6, 6.07) is -0.917. The normalized spacial score (nSPS) is 22.5. The maximum atomic E-state index is 12.1. The van der Waals surface area contributed by atoms with E-state index in [0.717, 1.165) is 32.1 Å². The topological polar surface area (TPSA) is 69.6 Å². The number of unbranched alkanes of at least 4 members (excludes halogenated alkanes) is 2. The Morgan fingerprint density at radius 2 is 2.05 bits per heavy atom. The van der Waals surface area contributed by atoms with Crippen LogP contribution in [0.3, 0.4) is 0 Å². The van der Waals surface area contributed by atoms with Crippen LogP contribution in [0.1, 0.15) is 46.0 Å². The average molecular weight is 288 g/mol. The van der Waals surface area contributed by atoms with Gasteiger partial charge in [0.15, 0.2) is 0 Å². The molecule has 1 aliphatic rings. The predicted molar refractivity (Wildman–Crippen MR) is 77.3 cm³/mol. The molecule has 0 aromatic heterocycles. The zero-order chi connectivity index (χ0) is 14.3. The monoisotopic (exact) mass is 288 g/mol. The summed E-state index contributed by atoms with van der Waals surface area (Å²) in [5.74, 6) is -0.419. The Labute approximate surface area is 119 Å². The molecule has 5 nitrogen and oxygen atoms in total. The molecule has 0 aliphatic carbocycles. The van der Waals surface area contributed by atoms with E-state index >= 15 is 0 Å². The smallest absolute Gasteiger partial charge is 0.327 e. The summed E-state index contributed by atoms with van der Waals surface area (Å²) in [4.78, 5) is 24.9. The molecule has 0 spiro atoms. The van der Waals surface area contributed by atoms with E-state index in [1.165, 1.54) is 4.90 Å². The number of carbonyl (C=O) groups is 2. The maximum absolute atomic E-state index is 12.1. The summed E-state index contributed by atoms with van der Waals surface area (Å²) >= 11 is 1.57. The van der Waals surface area contributed by atoms with Crippen molar-refractivity contribution in [2.45, 2.75) is 57.4 Å². The van der Waals surface area contributed by atoms with E-state index in [-0.39, 0.29) is 11.4 Å². The molecule has 0 bridgehead atoms. The lowest BCUT2D eigenvalue weighted by Gasteiger charge is -2.27. The highest BCUT2D eigenvalue weighted by molar-refractivity contribution is 8.00. The molecular formula is C13H24N2O3S. The Balaban J connectivity index is 2.56. The lowest BCUT2D eigenvalue weighted by molar-refractivity contribution is -0.141. The first-order chi connectivity index (χ1) is 9.11. The Kier molecular flexibility index (Phi) is 7.05. The number of carbonyl (C=O) groups excluding carboxylic acids is 1. The van der Waals surface area contributed by atoms with Crippen LogP contribution in [0.5, 0.6) is 0 Å². The minimum absolute atomic E-state index is 0.00252. The van der Waals surface area contributed by atoms with Crippen molar-refractivity contribution in [3.8, 4) is 0 Å². The van der Waals surface area contributed by atoms with Gasteiger partial charge in [-0.1, -0.05) is 33.1 Å². The van der Waals surface area contributed by atoms with Crippen LogP contribution in [-0.2, 0) is 4.79 Å². The molecule has 2 unspecified atom stereocenters.